The van der Waals surface area contributed by atoms with Gasteiger partial charge >= 0.3 is 0 Å². The fourth-order valence-corrected chi connectivity index (χ4v) is 5.54. The molecule has 3 amide bonds. The first-order chi connectivity index (χ1) is 16.1. The number of aliphatic hydroxyl groups excluding tert-OH is 1. The summed E-state index contributed by atoms with van der Waals surface area (Å²) >= 11 is 5.95. The number of carbonyl (C=O) groups is 3. The normalized spacial score (nSPS) is 29.1. The molecular weight excluding hydrogens is 470 g/mol. The highest BCUT2D eigenvalue weighted by molar-refractivity contribution is 6.30. The number of aliphatic hydroxyl groups is 1. The van der Waals surface area contributed by atoms with Crippen molar-refractivity contribution in [3.05, 3.63) is 34.9 Å². The standard InChI is InChI=1S/C23H25ClF2N4O4/c24-14-3-1-2-12(8-14)19(31)22(34)30-16-4-5-17(23(25,26)10-16)18(30)21(33)29-15(11-27)9-13-6-7-28-20(13)32/h1-3,8,13,15-19,31H,4-7,9-10H2,(H,28,32)(H,29,33)/t13-,15+,16-,17-,18-,19+/m1/s1. The number of nitrogens with one attached hydrogen (secondary N) is 2. The zero-order valence-corrected chi connectivity index (χ0v) is 19.0. The van der Waals surface area contributed by atoms with E-state index in [0.717, 1.165) is 4.90 Å². The van der Waals surface area contributed by atoms with E-state index in [-0.39, 0.29) is 35.8 Å². The second-order valence-corrected chi connectivity index (χ2v) is 9.59. The molecule has 0 aromatic heterocycles. The van der Waals surface area contributed by atoms with E-state index in [1.807, 2.05) is 6.07 Å². The Morgan fingerprint density at radius 2 is 2.12 bits per heavy atom. The van der Waals surface area contributed by atoms with Gasteiger partial charge < -0.3 is 20.6 Å². The SMILES string of the molecule is N#C[C@H](C[C@H]1CCNC1=O)NC(=O)[C@H]1[C@H]2CC[C@H](CC2(F)F)N1C(=O)[C@@H](O)c1cccc(Cl)c1. The van der Waals surface area contributed by atoms with Crippen LogP contribution in [0.2, 0.25) is 5.02 Å². The molecule has 0 unspecified atom stereocenters. The molecule has 3 heterocycles. The number of hydrogen-bond acceptors (Lipinski definition) is 5. The highest BCUT2D eigenvalue weighted by Crippen LogP contribution is 2.49. The summed E-state index contributed by atoms with van der Waals surface area (Å²) in [6, 6.07) is 4.35. The molecule has 1 aromatic carbocycles. The van der Waals surface area contributed by atoms with Gasteiger partial charge in [0.2, 0.25) is 11.8 Å². The zero-order valence-electron chi connectivity index (χ0n) is 18.2. The summed E-state index contributed by atoms with van der Waals surface area (Å²) in [4.78, 5) is 39.4. The van der Waals surface area contributed by atoms with E-state index in [9.17, 15) is 33.5 Å². The molecular formula is C23H25ClF2N4O4. The van der Waals surface area contributed by atoms with Crippen molar-refractivity contribution in [2.24, 2.45) is 11.8 Å². The first-order valence-corrected chi connectivity index (χ1v) is 11.6. The van der Waals surface area contributed by atoms with Gasteiger partial charge in [-0.3, -0.25) is 14.4 Å². The predicted octanol–water partition coefficient (Wildman–Crippen LogP) is 1.92. The molecule has 182 valence electrons. The summed E-state index contributed by atoms with van der Waals surface area (Å²) in [6.45, 7) is 0.470. The minimum atomic E-state index is -3.17. The second kappa shape index (κ2) is 9.47. The molecule has 1 saturated carbocycles. The van der Waals surface area contributed by atoms with E-state index in [0.29, 0.717) is 13.0 Å². The van der Waals surface area contributed by atoms with Crippen molar-refractivity contribution >= 4 is 29.3 Å². The van der Waals surface area contributed by atoms with E-state index >= 15 is 0 Å². The summed E-state index contributed by atoms with van der Waals surface area (Å²) in [5.74, 6) is -7.05. The van der Waals surface area contributed by atoms with Gasteiger partial charge in [-0.2, -0.15) is 5.26 Å². The van der Waals surface area contributed by atoms with E-state index in [4.69, 9.17) is 11.6 Å². The minimum absolute atomic E-state index is 0.0368. The van der Waals surface area contributed by atoms with Crippen molar-refractivity contribution in [2.75, 3.05) is 6.54 Å². The summed E-state index contributed by atoms with van der Waals surface area (Å²) in [6.07, 6.45) is -1.41. The van der Waals surface area contributed by atoms with Gasteiger partial charge in [0.05, 0.1) is 12.0 Å². The number of nitrogens with zero attached hydrogens (tertiary/aromatic N) is 2. The topological polar surface area (TPSA) is 123 Å². The maximum absolute atomic E-state index is 14.8. The highest BCUT2D eigenvalue weighted by atomic mass is 35.5. The van der Waals surface area contributed by atoms with Crippen LogP contribution in [0.1, 0.15) is 43.8 Å². The molecule has 8 nitrogen and oxygen atoms in total. The first-order valence-electron chi connectivity index (χ1n) is 11.2. The van der Waals surface area contributed by atoms with Gasteiger partial charge in [-0.1, -0.05) is 23.7 Å². The van der Waals surface area contributed by atoms with E-state index in [1.54, 1.807) is 12.1 Å². The third-order valence-corrected chi connectivity index (χ3v) is 7.25. The van der Waals surface area contributed by atoms with Crippen LogP contribution >= 0.6 is 11.6 Å². The molecule has 0 spiro atoms. The maximum Gasteiger partial charge on any atom is 0.256 e. The van der Waals surface area contributed by atoms with Gasteiger partial charge in [0.1, 0.15) is 12.1 Å². The number of hydrogen-bond donors (Lipinski definition) is 3. The predicted molar refractivity (Wildman–Crippen MR) is 116 cm³/mol. The van der Waals surface area contributed by atoms with Crippen molar-refractivity contribution in [3.8, 4) is 6.07 Å². The van der Waals surface area contributed by atoms with Crippen LogP contribution in [0, 0.1) is 23.2 Å². The van der Waals surface area contributed by atoms with Crippen LogP contribution in [-0.2, 0) is 14.4 Å². The average Bonchev–Trinajstić information content (AvgIpc) is 3.20. The molecule has 3 saturated heterocycles. The lowest BCUT2D eigenvalue weighted by Gasteiger charge is -2.54. The lowest BCUT2D eigenvalue weighted by Crippen LogP contribution is -2.69. The molecule has 6 atom stereocenters. The van der Waals surface area contributed by atoms with Crippen molar-refractivity contribution in [1.82, 2.24) is 15.5 Å². The zero-order chi connectivity index (χ0) is 24.6. The number of fused-ring (bicyclic) bond motifs is 3. The smallest absolute Gasteiger partial charge is 0.256 e. The van der Waals surface area contributed by atoms with Crippen molar-refractivity contribution in [3.63, 3.8) is 0 Å². The van der Waals surface area contributed by atoms with Crippen LogP contribution < -0.4 is 10.6 Å². The van der Waals surface area contributed by atoms with E-state index in [1.165, 1.54) is 12.1 Å². The molecule has 11 heteroatoms. The molecule has 4 aliphatic rings. The average molecular weight is 495 g/mol. The molecule has 2 bridgehead atoms. The number of benzene rings is 1. The van der Waals surface area contributed by atoms with Gasteiger partial charge in [-0.25, -0.2) is 8.78 Å². The van der Waals surface area contributed by atoms with Gasteiger partial charge in [0, 0.05) is 29.9 Å². The summed E-state index contributed by atoms with van der Waals surface area (Å²) in [5, 5.41) is 25.6. The van der Waals surface area contributed by atoms with Crippen molar-refractivity contribution in [2.45, 2.75) is 62.3 Å². The number of halogens is 3. The largest absolute Gasteiger partial charge is 0.378 e. The number of carbonyl (C=O) groups excluding carboxylic acids is 3. The van der Waals surface area contributed by atoms with Crippen LogP contribution in [0.5, 0.6) is 0 Å². The monoisotopic (exact) mass is 494 g/mol. The first kappa shape index (κ1) is 24.4. The third-order valence-electron chi connectivity index (χ3n) is 7.01. The van der Waals surface area contributed by atoms with Crippen molar-refractivity contribution in [1.29, 1.82) is 5.26 Å². The molecule has 0 radical (unpaired) electrons. The molecule has 1 aromatic rings. The Kier molecular flexibility index (Phi) is 6.78. The highest BCUT2D eigenvalue weighted by Gasteiger charge is 2.61. The second-order valence-electron chi connectivity index (χ2n) is 9.15. The Hall–Kier alpha value is -2.77. The quantitative estimate of drug-likeness (QED) is 0.557. The van der Waals surface area contributed by atoms with Crippen LogP contribution in [0.3, 0.4) is 0 Å². The number of amides is 3. The van der Waals surface area contributed by atoms with Gasteiger partial charge in [-0.05, 0) is 43.4 Å². The number of nitriles is 1. The number of alkyl halides is 2. The minimum Gasteiger partial charge on any atom is -0.378 e. The van der Waals surface area contributed by atoms with Crippen LogP contribution in [0.15, 0.2) is 24.3 Å². The molecule has 3 N–H and O–H groups in total. The van der Waals surface area contributed by atoms with E-state index in [2.05, 4.69) is 10.6 Å². The fourth-order valence-electron chi connectivity index (χ4n) is 5.34. The Morgan fingerprint density at radius 3 is 2.74 bits per heavy atom. The fraction of sp³-hybridized carbons (Fsp3) is 0.565. The molecule has 3 aliphatic heterocycles. The van der Waals surface area contributed by atoms with Crippen LogP contribution in [0.4, 0.5) is 8.78 Å². The van der Waals surface area contributed by atoms with Crippen LogP contribution in [0.25, 0.3) is 0 Å². The summed E-state index contributed by atoms with van der Waals surface area (Å²) in [5.41, 5.74) is 0.187. The lowest BCUT2D eigenvalue weighted by molar-refractivity contribution is -0.198. The van der Waals surface area contributed by atoms with Gasteiger partial charge in [0.25, 0.3) is 11.8 Å². The molecule has 4 fully saturated rings. The van der Waals surface area contributed by atoms with Crippen molar-refractivity contribution < 1.29 is 28.3 Å². The van der Waals surface area contributed by atoms with E-state index < -0.39 is 60.2 Å². The summed E-state index contributed by atoms with van der Waals surface area (Å²) < 4.78 is 29.6. The lowest BCUT2D eigenvalue weighted by atomic mass is 9.71. The van der Waals surface area contributed by atoms with Gasteiger partial charge in [0.15, 0.2) is 6.10 Å². The Labute approximate surface area is 200 Å². The molecule has 5 rings (SSSR count). The maximum atomic E-state index is 14.8. The third kappa shape index (κ3) is 4.59. The Morgan fingerprint density at radius 1 is 1.35 bits per heavy atom. The Balaban J connectivity index is 1.58. The Bertz CT molecular complexity index is 1030. The molecule has 34 heavy (non-hydrogen) atoms. The summed E-state index contributed by atoms with van der Waals surface area (Å²) in [7, 11) is 0. The van der Waals surface area contributed by atoms with Crippen LogP contribution in [-0.4, -0.2) is 58.3 Å². The number of piperidine rings is 2. The number of rotatable bonds is 6. The molecule has 1 aliphatic carbocycles. The van der Waals surface area contributed by atoms with Gasteiger partial charge in [-0.15, -0.1) is 0 Å².